The van der Waals surface area contributed by atoms with Crippen molar-refractivity contribution in [2.75, 3.05) is 5.75 Å². The van der Waals surface area contributed by atoms with E-state index in [9.17, 15) is 19.8 Å². The number of aliphatic hydroxyl groups excluding tert-OH is 1. The van der Waals surface area contributed by atoms with E-state index in [1.54, 1.807) is 12.1 Å². The lowest BCUT2D eigenvalue weighted by Gasteiger charge is -2.20. The van der Waals surface area contributed by atoms with Crippen LogP contribution in [0.25, 0.3) is 0 Å². The van der Waals surface area contributed by atoms with Gasteiger partial charge in [-0.2, -0.15) is 11.8 Å². The summed E-state index contributed by atoms with van der Waals surface area (Å²) in [5, 5.41) is 28.6. The van der Waals surface area contributed by atoms with Crippen LogP contribution in [0.15, 0.2) is 36.4 Å². The number of carbonyl (C=O) groups is 2. The molecule has 0 saturated carbocycles. The molecule has 0 aromatic heterocycles. The van der Waals surface area contributed by atoms with Gasteiger partial charge in [-0.3, -0.25) is 4.79 Å². The lowest BCUT2D eigenvalue weighted by Crippen LogP contribution is -2.15. The van der Waals surface area contributed by atoms with E-state index in [1.165, 1.54) is 75.3 Å². The predicted octanol–water partition coefficient (Wildman–Crippen LogP) is 6.47. The van der Waals surface area contributed by atoms with Gasteiger partial charge in [0.1, 0.15) is 0 Å². The molecule has 5 nitrogen and oxygen atoms in total. The van der Waals surface area contributed by atoms with E-state index in [2.05, 4.69) is 13.0 Å². The SMILES string of the molecule is CCCCCCCCCCC/C=C\[C@H](SCCC(=O)O)[C@H](O)c1cccc(C(=O)O)c1. The number of thioether (sulfide) groups is 1. The first-order valence-corrected chi connectivity index (χ1v) is 12.5. The predicted molar refractivity (Wildman–Crippen MR) is 128 cm³/mol. The monoisotopic (exact) mass is 450 g/mol. The number of aliphatic carboxylic acids is 1. The van der Waals surface area contributed by atoms with Crippen LogP contribution in [-0.2, 0) is 4.79 Å². The van der Waals surface area contributed by atoms with Gasteiger partial charge in [-0.05, 0) is 30.5 Å². The molecule has 0 radical (unpaired) electrons. The quantitative estimate of drug-likeness (QED) is 0.175. The van der Waals surface area contributed by atoms with Crippen LogP contribution in [0.4, 0.5) is 0 Å². The summed E-state index contributed by atoms with van der Waals surface area (Å²) in [4.78, 5) is 22.1. The zero-order valence-electron chi connectivity index (χ0n) is 18.7. The van der Waals surface area contributed by atoms with E-state index in [1.807, 2.05) is 6.08 Å². The van der Waals surface area contributed by atoms with Crippen LogP contribution in [0, 0.1) is 0 Å². The van der Waals surface area contributed by atoms with Gasteiger partial charge in [-0.25, -0.2) is 4.79 Å². The molecule has 3 N–H and O–H groups in total. The molecule has 0 bridgehead atoms. The third kappa shape index (κ3) is 12.6. The average Bonchev–Trinajstić information content (AvgIpc) is 2.75. The number of rotatable bonds is 18. The molecule has 0 aliphatic heterocycles. The van der Waals surface area contributed by atoms with Crippen molar-refractivity contribution in [3.63, 3.8) is 0 Å². The van der Waals surface area contributed by atoms with Crippen LogP contribution in [0.1, 0.15) is 99.6 Å². The molecule has 0 aliphatic rings. The molecule has 0 saturated heterocycles. The molecule has 6 heteroatoms. The standard InChI is InChI=1S/C25H38O5S/c1-2-3-4-5-6-7-8-9-10-11-12-16-22(31-18-17-23(26)27)24(28)20-14-13-15-21(19-20)25(29)30/h12-16,19,22,24,28H,2-11,17-18H2,1H3,(H,26,27)(H,29,30)/b16-12-/t22-,24+/m0/s1. The number of carboxylic acids is 2. The zero-order valence-corrected chi connectivity index (χ0v) is 19.5. The summed E-state index contributed by atoms with van der Waals surface area (Å²) < 4.78 is 0. The second-order valence-electron chi connectivity index (χ2n) is 7.90. The number of unbranched alkanes of at least 4 members (excludes halogenated alkanes) is 9. The molecule has 0 spiro atoms. The molecule has 0 unspecified atom stereocenters. The number of benzene rings is 1. The summed E-state index contributed by atoms with van der Waals surface area (Å²) in [5.41, 5.74) is 0.657. The van der Waals surface area contributed by atoms with Gasteiger partial charge >= 0.3 is 11.9 Å². The van der Waals surface area contributed by atoms with Crippen molar-refractivity contribution in [3.05, 3.63) is 47.5 Å². The Balaban J connectivity index is 2.51. The molecular weight excluding hydrogens is 412 g/mol. The van der Waals surface area contributed by atoms with Crippen molar-refractivity contribution in [1.82, 2.24) is 0 Å². The molecule has 1 aromatic carbocycles. The lowest BCUT2D eigenvalue weighted by molar-refractivity contribution is -0.136. The van der Waals surface area contributed by atoms with Gasteiger partial charge in [0.2, 0.25) is 0 Å². The number of aromatic carboxylic acids is 1. The summed E-state index contributed by atoms with van der Waals surface area (Å²) in [6, 6.07) is 6.29. The first-order valence-electron chi connectivity index (χ1n) is 11.5. The minimum absolute atomic E-state index is 0.0230. The third-order valence-corrected chi connectivity index (χ3v) is 6.45. The summed E-state index contributed by atoms with van der Waals surface area (Å²) in [7, 11) is 0. The number of carboxylic acid groups (broad SMARTS) is 2. The molecule has 2 atom stereocenters. The first kappa shape index (κ1) is 27.2. The maximum atomic E-state index is 11.2. The molecule has 0 amide bonds. The zero-order chi connectivity index (χ0) is 22.9. The highest BCUT2D eigenvalue weighted by Gasteiger charge is 2.20. The van der Waals surface area contributed by atoms with Crippen LogP contribution >= 0.6 is 11.8 Å². The second-order valence-corrected chi connectivity index (χ2v) is 9.19. The molecule has 31 heavy (non-hydrogen) atoms. The Hall–Kier alpha value is -1.79. The smallest absolute Gasteiger partial charge is 0.335 e. The van der Waals surface area contributed by atoms with Gasteiger partial charge in [0.05, 0.1) is 23.3 Å². The van der Waals surface area contributed by atoms with Crippen LogP contribution in [0.5, 0.6) is 0 Å². The minimum atomic E-state index is -1.04. The fourth-order valence-corrected chi connectivity index (χ4v) is 4.51. The Morgan fingerprint density at radius 3 is 2.26 bits per heavy atom. The second kappa shape index (κ2) is 16.8. The summed E-state index contributed by atoms with van der Waals surface area (Å²) in [6.45, 7) is 2.23. The highest BCUT2D eigenvalue weighted by molar-refractivity contribution is 8.00. The Morgan fingerprint density at radius 2 is 1.65 bits per heavy atom. The molecule has 0 fully saturated rings. The maximum absolute atomic E-state index is 11.2. The average molecular weight is 451 g/mol. The number of aliphatic hydroxyl groups is 1. The van der Waals surface area contributed by atoms with Gasteiger partial charge < -0.3 is 15.3 Å². The highest BCUT2D eigenvalue weighted by Crippen LogP contribution is 2.29. The van der Waals surface area contributed by atoms with Crippen molar-refractivity contribution in [2.45, 2.75) is 88.9 Å². The van der Waals surface area contributed by atoms with E-state index in [4.69, 9.17) is 5.11 Å². The Kier molecular flexibility index (Phi) is 14.8. The van der Waals surface area contributed by atoms with Crippen molar-refractivity contribution in [2.24, 2.45) is 0 Å². The van der Waals surface area contributed by atoms with Crippen LogP contribution < -0.4 is 0 Å². The van der Waals surface area contributed by atoms with Crippen molar-refractivity contribution in [3.8, 4) is 0 Å². The van der Waals surface area contributed by atoms with Crippen LogP contribution in [0.2, 0.25) is 0 Å². The Morgan fingerprint density at radius 1 is 1.00 bits per heavy atom. The molecule has 174 valence electrons. The molecule has 1 rings (SSSR count). The molecule has 1 aromatic rings. The highest BCUT2D eigenvalue weighted by atomic mass is 32.2. The fourth-order valence-electron chi connectivity index (χ4n) is 3.38. The Bertz CT molecular complexity index is 674. The topological polar surface area (TPSA) is 94.8 Å². The van der Waals surface area contributed by atoms with Gasteiger partial charge in [0.15, 0.2) is 0 Å². The maximum Gasteiger partial charge on any atom is 0.335 e. The molecular formula is C25H38O5S. The number of hydrogen-bond donors (Lipinski definition) is 3. The largest absolute Gasteiger partial charge is 0.481 e. The van der Waals surface area contributed by atoms with E-state index in [0.29, 0.717) is 11.3 Å². The van der Waals surface area contributed by atoms with Crippen molar-refractivity contribution < 1.29 is 24.9 Å². The lowest BCUT2D eigenvalue weighted by atomic mass is 10.0. The molecule has 0 heterocycles. The summed E-state index contributed by atoms with van der Waals surface area (Å²) in [6.07, 6.45) is 15.5. The first-order chi connectivity index (χ1) is 15.0. The third-order valence-electron chi connectivity index (χ3n) is 5.21. The van der Waals surface area contributed by atoms with E-state index < -0.39 is 18.0 Å². The summed E-state index contributed by atoms with van der Waals surface area (Å²) >= 11 is 1.38. The van der Waals surface area contributed by atoms with E-state index in [-0.39, 0.29) is 17.2 Å². The van der Waals surface area contributed by atoms with Gasteiger partial charge in [0, 0.05) is 5.75 Å². The number of hydrogen-bond acceptors (Lipinski definition) is 4. The van der Waals surface area contributed by atoms with Gasteiger partial charge in [0.25, 0.3) is 0 Å². The fraction of sp³-hybridized carbons (Fsp3) is 0.600. The van der Waals surface area contributed by atoms with Crippen molar-refractivity contribution in [1.29, 1.82) is 0 Å². The van der Waals surface area contributed by atoms with Crippen LogP contribution in [-0.4, -0.2) is 38.3 Å². The summed E-state index contributed by atoms with van der Waals surface area (Å²) in [5.74, 6) is -1.52. The van der Waals surface area contributed by atoms with Gasteiger partial charge in [-0.15, -0.1) is 0 Å². The van der Waals surface area contributed by atoms with Crippen molar-refractivity contribution >= 4 is 23.7 Å². The van der Waals surface area contributed by atoms with Crippen LogP contribution in [0.3, 0.4) is 0 Å². The Labute approximate surface area is 191 Å². The minimum Gasteiger partial charge on any atom is -0.481 e. The normalized spacial score (nSPS) is 13.4. The van der Waals surface area contributed by atoms with E-state index in [0.717, 1.165) is 12.8 Å². The number of allylic oxidation sites excluding steroid dienone is 1. The molecule has 0 aliphatic carbocycles. The van der Waals surface area contributed by atoms with E-state index >= 15 is 0 Å². The van der Waals surface area contributed by atoms with Gasteiger partial charge in [-0.1, -0.05) is 82.6 Å².